The van der Waals surface area contributed by atoms with E-state index in [2.05, 4.69) is 4.74 Å². The van der Waals surface area contributed by atoms with Crippen molar-refractivity contribution in [1.82, 2.24) is 0 Å². The predicted molar refractivity (Wildman–Crippen MR) is 37.6 cm³/mol. The van der Waals surface area contributed by atoms with Crippen LogP contribution in [0.3, 0.4) is 0 Å². The van der Waals surface area contributed by atoms with Crippen LogP contribution in [0.5, 0.6) is 0 Å². The summed E-state index contributed by atoms with van der Waals surface area (Å²) in [7, 11) is 3.06. The van der Waals surface area contributed by atoms with Gasteiger partial charge >= 0.3 is 0 Å². The van der Waals surface area contributed by atoms with Crippen LogP contribution in [0.15, 0.2) is 12.3 Å². The fourth-order valence-electron chi connectivity index (χ4n) is 0.430. The molecular formula is C7H12O3. The van der Waals surface area contributed by atoms with E-state index in [0.717, 1.165) is 0 Å². The van der Waals surface area contributed by atoms with Crippen molar-refractivity contribution in [3.05, 3.63) is 12.3 Å². The first kappa shape index (κ1) is 9.17. The maximum Gasteiger partial charge on any atom is 0.161 e. The van der Waals surface area contributed by atoms with Crippen molar-refractivity contribution in [2.45, 2.75) is 6.42 Å². The molecule has 10 heavy (non-hydrogen) atoms. The van der Waals surface area contributed by atoms with Gasteiger partial charge in [-0.3, -0.25) is 4.79 Å². The average molecular weight is 144 g/mol. The van der Waals surface area contributed by atoms with E-state index in [4.69, 9.17) is 4.74 Å². The summed E-state index contributed by atoms with van der Waals surface area (Å²) >= 11 is 0. The molecule has 0 amide bonds. The van der Waals surface area contributed by atoms with Gasteiger partial charge in [0.15, 0.2) is 5.78 Å². The number of carbonyl (C=O) groups excluding carboxylic acids is 1. The van der Waals surface area contributed by atoms with E-state index in [1.54, 1.807) is 7.11 Å². The molecule has 0 aliphatic carbocycles. The molecule has 0 aromatic carbocycles. The molecule has 0 aliphatic heterocycles. The lowest BCUT2D eigenvalue weighted by Gasteiger charge is -1.92. The number of allylic oxidation sites excluding steroid dienone is 1. The normalized spacial score (nSPS) is 10.2. The summed E-state index contributed by atoms with van der Waals surface area (Å²) < 4.78 is 9.25. The molecule has 0 heterocycles. The van der Waals surface area contributed by atoms with E-state index < -0.39 is 0 Å². The Balaban J connectivity index is 3.34. The third kappa shape index (κ3) is 5.31. The number of carbonyl (C=O) groups is 1. The molecule has 3 heteroatoms. The monoisotopic (exact) mass is 144 g/mol. The van der Waals surface area contributed by atoms with Crippen molar-refractivity contribution < 1.29 is 14.3 Å². The number of ketones is 1. The van der Waals surface area contributed by atoms with Gasteiger partial charge in [-0.1, -0.05) is 0 Å². The lowest BCUT2D eigenvalue weighted by atomic mass is 10.3. The summed E-state index contributed by atoms with van der Waals surface area (Å²) in [4.78, 5) is 10.7. The fraction of sp³-hybridized carbons (Fsp3) is 0.571. The van der Waals surface area contributed by atoms with Gasteiger partial charge in [-0.15, -0.1) is 0 Å². The highest BCUT2D eigenvalue weighted by atomic mass is 16.5. The zero-order valence-electron chi connectivity index (χ0n) is 6.29. The van der Waals surface area contributed by atoms with E-state index in [-0.39, 0.29) is 5.78 Å². The molecule has 0 rings (SSSR count). The molecule has 0 aromatic heterocycles. The molecular weight excluding hydrogens is 132 g/mol. The van der Waals surface area contributed by atoms with E-state index in [1.807, 2.05) is 0 Å². The number of ether oxygens (including phenoxy) is 2. The maximum absolute atomic E-state index is 10.7. The summed E-state index contributed by atoms with van der Waals surface area (Å²) in [6, 6.07) is 0. The number of methoxy groups -OCH3 is 2. The Labute approximate surface area is 60.6 Å². The van der Waals surface area contributed by atoms with Crippen LogP contribution >= 0.6 is 0 Å². The summed E-state index contributed by atoms with van der Waals surface area (Å²) in [6.45, 7) is 0.465. The molecule has 58 valence electrons. The first-order valence-corrected chi connectivity index (χ1v) is 3.02. The van der Waals surface area contributed by atoms with Crippen molar-refractivity contribution in [3.63, 3.8) is 0 Å². The summed E-state index contributed by atoms with van der Waals surface area (Å²) in [6.07, 6.45) is 3.16. The molecule has 0 unspecified atom stereocenters. The molecule has 0 atom stereocenters. The highest BCUT2D eigenvalue weighted by Gasteiger charge is 1.93. The lowest BCUT2D eigenvalue weighted by molar-refractivity contribution is -0.115. The second kappa shape index (κ2) is 6.29. The Morgan fingerprint density at radius 2 is 2.20 bits per heavy atom. The van der Waals surface area contributed by atoms with Crippen LogP contribution < -0.4 is 0 Å². The number of rotatable bonds is 5. The summed E-state index contributed by atoms with van der Waals surface area (Å²) in [5.74, 6) is 0.0173. The third-order valence-electron chi connectivity index (χ3n) is 0.943. The second-order valence-corrected chi connectivity index (χ2v) is 1.75. The van der Waals surface area contributed by atoms with Crippen LogP contribution in [0.2, 0.25) is 0 Å². The van der Waals surface area contributed by atoms with Gasteiger partial charge in [-0.05, 0) is 0 Å². The van der Waals surface area contributed by atoms with Crippen molar-refractivity contribution >= 4 is 5.78 Å². The van der Waals surface area contributed by atoms with Crippen LogP contribution in [0, 0.1) is 0 Å². The molecule has 0 bridgehead atoms. The predicted octanol–water partition coefficient (Wildman–Crippen LogP) is 0.752. The van der Waals surface area contributed by atoms with Gasteiger partial charge in [-0.25, -0.2) is 0 Å². The zero-order valence-corrected chi connectivity index (χ0v) is 6.29. The Bertz CT molecular complexity index is 118. The van der Waals surface area contributed by atoms with Crippen LogP contribution in [0.25, 0.3) is 0 Å². The topological polar surface area (TPSA) is 35.5 Å². The number of hydrogen-bond acceptors (Lipinski definition) is 3. The standard InChI is InChI=1S/C7H12O3/c1-9-5-3-7(8)4-6-10-2/h3,5H,4,6H2,1-2H3/b5-3+. The molecule has 0 saturated heterocycles. The minimum atomic E-state index is 0.0173. The van der Waals surface area contributed by atoms with Crippen molar-refractivity contribution in [2.24, 2.45) is 0 Å². The van der Waals surface area contributed by atoms with Gasteiger partial charge in [0, 0.05) is 19.6 Å². The van der Waals surface area contributed by atoms with Crippen LogP contribution in [0.4, 0.5) is 0 Å². The van der Waals surface area contributed by atoms with Crippen molar-refractivity contribution in [1.29, 1.82) is 0 Å². The lowest BCUT2D eigenvalue weighted by Crippen LogP contribution is -1.98. The van der Waals surface area contributed by atoms with Gasteiger partial charge in [0.05, 0.1) is 20.0 Å². The third-order valence-corrected chi connectivity index (χ3v) is 0.943. The Kier molecular flexibility index (Phi) is 5.77. The summed E-state index contributed by atoms with van der Waals surface area (Å²) in [5, 5.41) is 0. The highest BCUT2D eigenvalue weighted by molar-refractivity contribution is 5.89. The molecule has 0 N–H and O–H groups in total. The van der Waals surface area contributed by atoms with Gasteiger partial charge in [0.2, 0.25) is 0 Å². The minimum absolute atomic E-state index is 0.0173. The molecule has 0 fully saturated rings. The quantitative estimate of drug-likeness (QED) is 0.422. The average Bonchev–Trinajstić information content (AvgIpc) is 1.97. The SMILES string of the molecule is CO/C=C/C(=O)CCOC. The van der Waals surface area contributed by atoms with E-state index in [1.165, 1.54) is 19.4 Å². The summed E-state index contributed by atoms with van der Waals surface area (Å²) in [5.41, 5.74) is 0. The Hall–Kier alpha value is -0.830. The van der Waals surface area contributed by atoms with Gasteiger partial charge in [-0.2, -0.15) is 0 Å². The van der Waals surface area contributed by atoms with E-state index in [9.17, 15) is 4.79 Å². The van der Waals surface area contributed by atoms with E-state index in [0.29, 0.717) is 13.0 Å². The smallest absolute Gasteiger partial charge is 0.161 e. The van der Waals surface area contributed by atoms with Gasteiger partial charge in [0.1, 0.15) is 0 Å². The zero-order chi connectivity index (χ0) is 7.82. The molecule has 3 nitrogen and oxygen atoms in total. The number of hydrogen-bond donors (Lipinski definition) is 0. The largest absolute Gasteiger partial charge is 0.504 e. The van der Waals surface area contributed by atoms with Crippen LogP contribution in [0.1, 0.15) is 6.42 Å². The molecule has 0 saturated carbocycles. The molecule has 0 aliphatic rings. The first-order chi connectivity index (χ1) is 4.81. The van der Waals surface area contributed by atoms with E-state index >= 15 is 0 Å². The second-order valence-electron chi connectivity index (χ2n) is 1.75. The van der Waals surface area contributed by atoms with Gasteiger partial charge in [0.25, 0.3) is 0 Å². The van der Waals surface area contributed by atoms with Crippen molar-refractivity contribution in [3.8, 4) is 0 Å². The van der Waals surface area contributed by atoms with Crippen LogP contribution in [-0.4, -0.2) is 26.6 Å². The molecule has 0 radical (unpaired) electrons. The molecule has 0 spiro atoms. The molecule has 0 aromatic rings. The Morgan fingerprint density at radius 1 is 1.50 bits per heavy atom. The van der Waals surface area contributed by atoms with Crippen molar-refractivity contribution in [2.75, 3.05) is 20.8 Å². The maximum atomic E-state index is 10.7. The Morgan fingerprint density at radius 3 is 2.70 bits per heavy atom. The first-order valence-electron chi connectivity index (χ1n) is 3.02. The fourth-order valence-corrected chi connectivity index (χ4v) is 0.430. The van der Waals surface area contributed by atoms with Crippen LogP contribution in [-0.2, 0) is 14.3 Å². The minimum Gasteiger partial charge on any atom is -0.504 e. The highest BCUT2D eigenvalue weighted by Crippen LogP contribution is 1.85. The van der Waals surface area contributed by atoms with Gasteiger partial charge < -0.3 is 9.47 Å².